The molecule has 21 heavy (non-hydrogen) atoms. The maximum atomic E-state index is 12.0. The largest absolute Gasteiger partial charge is 0.480 e. The zero-order chi connectivity index (χ0) is 15.3. The highest BCUT2D eigenvalue weighted by atomic mass is 79.9. The zero-order valence-corrected chi connectivity index (χ0v) is 12.9. The van der Waals surface area contributed by atoms with Crippen molar-refractivity contribution in [2.24, 2.45) is 0 Å². The Morgan fingerprint density at radius 2 is 1.95 bits per heavy atom. The summed E-state index contributed by atoms with van der Waals surface area (Å²) in [6.45, 7) is 0.668. The Kier molecular flexibility index (Phi) is 5.14. The number of aliphatic carboxylic acids is 1. The Bertz CT molecular complexity index is 565. The molecular formula is C15H16BrNO4. The summed E-state index contributed by atoms with van der Waals surface area (Å²) in [7, 11) is 0. The number of carboxylic acids is 1. The number of rotatable bonds is 4. The van der Waals surface area contributed by atoms with Gasteiger partial charge in [0.25, 0.3) is 0 Å². The van der Waals surface area contributed by atoms with Crippen LogP contribution in [0.4, 0.5) is 0 Å². The summed E-state index contributed by atoms with van der Waals surface area (Å²) in [5, 5.41) is 12.0. The second-order valence-corrected chi connectivity index (χ2v) is 5.70. The van der Waals surface area contributed by atoms with Crippen molar-refractivity contribution in [3.8, 4) is 0 Å². The molecule has 1 aliphatic rings. The first kappa shape index (κ1) is 15.7. The third-order valence-corrected chi connectivity index (χ3v) is 4.16. The molecule has 0 saturated carbocycles. The number of ether oxygens (including phenoxy) is 1. The molecule has 1 saturated heterocycles. The number of carboxylic acid groups (broad SMARTS) is 1. The molecule has 5 nitrogen and oxygen atoms in total. The Morgan fingerprint density at radius 1 is 1.29 bits per heavy atom. The van der Waals surface area contributed by atoms with Gasteiger partial charge in [-0.2, -0.15) is 0 Å². The Labute approximate surface area is 131 Å². The van der Waals surface area contributed by atoms with Crippen molar-refractivity contribution < 1.29 is 19.4 Å². The molecule has 0 atom stereocenters. The maximum absolute atomic E-state index is 12.0. The number of halogens is 1. The van der Waals surface area contributed by atoms with Crippen molar-refractivity contribution in [2.45, 2.75) is 18.4 Å². The molecular weight excluding hydrogens is 338 g/mol. The SMILES string of the molecule is O=C(/C=C/c1ccccc1Br)NC1(C(=O)O)CCOCC1. The van der Waals surface area contributed by atoms with Crippen molar-refractivity contribution in [1.82, 2.24) is 5.32 Å². The van der Waals surface area contributed by atoms with E-state index in [1.54, 1.807) is 6.08 Å². The molecule has 2 rings (SSSR count). The van der Waals surface area contributed by atoms with Crippen LogP contribution in [0.25, 0.3) is 6.08 Å². The van der Waals surface area contributed by atoms with Crippen molar-refractivity contribution in [3.63, 3.8) is 0 Å². The first-order valence-corrected chi connectivity index (χ1v) is 7.39. The van der Waals surface area contributed by atoms with Gasteiger partial charge in [-0.25, -0.2) is 4.79 Å². The van der Waals surface area contributed by atoms with E-state index in [9.17, 15) is 14.7 Å². The molecule has 1 fully saturated rings. The van der Waals surface area contributed by atoms with Gasteiger partial charge >= 0.3 is 5.97 Å². The van der Waals surface area contributed by atoms with E-state index in [1.165, 1.54) is 6.08 Å². The van der Waals surface area contributed by atoms with E-state index in [4.69, 9.17) is 4.74 Å². The number of hydrogen-bond donors (Lipinski definition) is 2. The van der Waals surface area contributed by atoms with Gasteiger partial charge in [0.1, 0.15) is 5.54 Å². The van der Waals surface area contributed by atoms with E-state index in [2.05, 4.69) is 21.2 Å². The van der Waals surface area contributed by atoms with E-state index >= 15 is 0 Å². The summed E-state index contributed by atoms with van der Waals surface area (Å²) >= 11 is 3.39. The number of benzene rings is 1. The van der Waals surface area contributed by atoms with Gasteiger partial charge in [0.05, 0.1) is 0 Å². The lowest BCUT2D eigenvalue weighted by atomic mass is 9.90. The van der Waals surface area contributed by atoms with Gasteiger partial charge < -0.3 is 15.2 Å². The predicted molar refractivity (Wildman–Crippen MR) is 81.7 cm³/mol. The van der Waals surface area contributed by atoms with E-state index in [-0.39, 0.29) is 12.8 Å². The number of carbonyl (C=O) groups excluding carboxylic acids is 1. The average molecular weight is 354 g/mol. The highest BCUT2D eigenvalue weighted by Crippen LogP contribution is 2.21. The summed E-state index contributed by atoms with van der Waals surface area (Å²) in [5.74, 6) is -1.44. The van der Waals surface area contributed by atoms with Gasteiger partial charge in [-0.1, -0.05) is 34.1 Å². The van der Waals surface area contributed by atoms with Gasteiger partial charge in [-0.15, -0.1) is 0 Å². The van der Waals surface area contributed by atoms with Crippen LogP contribution in [0.1, 0.15) is 18.4 Å². The number of carbonyl (C=O) groups is 2. The average Bonchev–Trinajstić information content (AvgIpc) is 2.47. The van der Waals surface area contributed by atoms with Crippen molar-refractivity contribution >= 4 is 33.9 Å². The predicted octanol–water partition coefficient (Wildman–Crippen LogP) is 2.21. The smallest absolute Gasteiger partial charge is 0.329 e. The molecule has 1 aromatic carbocycles. The minimum absolute atomic E-state index is 0.275. The molecule has 0 aromatic heterocycles. The fourth-order valence-corrected chi connectivity index (χ4v) is 2.58. The van der Waals surface area contributed by atoms with Gasteiger partial charge in [0.15, 0.2) is 0 Å². The molecule has 6 heteroatoms. The zero-order valence-electron chi connectivity index (χ0n) is 11.3. The number of nitrogens with one attached hydrogen (secondary N) is 1. The molecule has 0 spiro atoms. The number of amides is 1. The van der Waals surface area contributed by atoms with Crippen LogP contribution in [0.3, 0.4) is 0 Å². The van der Waals surface area contributed by atoms with E-state index in [1.807, 2.05) is 24.3 Å². The summed E-state index contributed by atoms with van der Waals surface area (Å²) < 4.78 is 6.03. The molecule has 1 aromatic rings. The highest BCUT2D eigenvalue weighted by molar-refractivity contribution is 9.10. The lowest BCUT2D eigenvalue weighted by molar-refractivity contribution is -0.151. The first-order chi connectivity index (χ1) is 10.0. The quantitative estimate of drug-likeness (QED) is 0.813. The van der Waals surface area contributed by atoms with E-state index in [0.717, 1.165) is 10.0 Å². The van der Waals surface area contributed by atoms with E-state index in [0.29, 0.717) is 13.2 Å². The molecule has 0 radical (unpaired) electrons. The van der Waals surface area contributed by atoms with Gasteiger partial charge in [0.2, 0.25) is 5.91 Å². The van der Waals surface area contributed by atoms with Gasteiger partial charge in [-0.05, 0) is 17.7 Å². The van der Waals surface area contributed by atoms with Crippen LogP contribution in [-0.2, 0) is 14.3 Å². The fourth-order valence-electron chi connectivity index (χ4n) is 2.17. The second kappa shape index (κ2) is 6.87. The van der Waals surface area contributed by atoms with Gasteiger partial charge in [0, 0.05) is 36.6 Å². The monoisotopic (exact) mass is 353 g/mol. The maximum Gasteiger partial charge on any atom is 0.329 e. The van der Waals surface area contributed by atoms with Crippen LogP contribution in [0, 0.1) is 0 Å². The molecule has 1 aliphatic heterocycles. The van der Waals surface area contributed by atoms with Crippen LogP contribution in [0.15, 0.2) is 34.8 Å². The van der Waals surface area contributed by atoms with E-state index < -0.39 is 17.4 Å². The summed E-state index contributed by atoms with van der Waals surface area (Å²) in [6, 6.07) is 7.46. The molecule has 1 amide bonds. The molecule has 112 valence electrons. The second-order valence-electron chi connectivity index (χ2n) is 4.84. The fraction of sp³-hybridized carbons (Fsp3) is 0.333. The molecule has 0 bridgehead atoms. The highest BCUT2D eigenvalue weighted by Gasteiger charge is 2.41. The third kappa shape index (κ3) is 3.92. The molecule has 0 aliphatic carbocycles. The van der Waals surface area contributed by atoms with Crippen LogP contribution in [-0.4, -0.2) is 35.7 Å². The Hall–Kier alpha value is -1.66. The van der Waals surface area contributed by atoms with Crippen molar-refractivity contribution in [1.29, 1.82) is 0 Å². The van der Waals surface area contributed by atoms with Crippen LogP contribution >= 0.6 is 15.9 Å². The minimum atomic E-state index is -1.23. The normalized spacial score (nSPS) is 17.6. The summed E-state index contributed by atoms with van der Waals surface area (Å²) in [4.78, 5) is 23.4. The summed E-state index contributed by atoms with van der Waals surface area (Å²) in [6.07, 6.45) is 3.54. The Balaban J connectivity index is 2.06. The van der Waals surface area contributed by atoms with Crippen LogP contribution in [0.5, 0.6) is 0 Å². The van der Waals surface area contributed by atoms with Crippen molar-refractivity contribution in [3.05, 3.63) is 40.4 Å². The topological polar surface area (TPSA) is 75.6 Å². The summed E-state index contributed by atoms with van der Waals surface area (Å²) in [5.41, 5.74) is -0.378. The van der Waals surface area contributed by atoms with Crippen LogP contribution in [0.2, 0.25) is 0 Å². The number of hydrogen-bond acceptors (Lipinski definition) is 3. The molecule has 2 N–H and O–H groups in total. The van der Waals surface area contributed by atoms with Crippen molar-refractivity contribution in [2.75, 3.05) is 13.2 Å². The van der Waals surface area contributed by atoms with Crippen LogP contribution < -0.4 is 5.32 Å². The lowest BCUT2D eigenvalue weighted by Crippen LogP contribution is -2.57. The minimum Gasteiger partial charge on any atom is -0.480 e. The first-order valence-electron chi connectivity index (χ1n) is 6.59. The molecule has 1 heterocycles. The van der Waals surface area contributed by atoms with Gasteiger partial charge in [-0.3, -0.25) is 4.79 Å². The third-order valence-electron chi connectivity index (χ3n) is 3.44. The Morgan fingerprint density at radius 3 is 2.57 bits per heavy atom. The molecule has 0 unspecified atom stereocenters. The standard InChI is InChI=1S/C15H16BrNO4/c16-12-4-2-1-3-11(12)5-6-13(18)17-15(14(19)20)7-9-21-10-8-15/h1-6H,7-10H2,(H,17,18)(H,19,20)/b6-5+. The lowest BCUT2D eigenvalue weighted by Gasteiger charge is -2.33.